The minimum Gasteiger partial charge on any atom is -0.444 e. The van der Waals surface area contributed by atoms with E-state index in [0.717, 1.165) is 38.5 Å². The summed E-state index contributed by atoms with van der Waals surface area (Å²) in [5.74, 6) is -0.0844. The van der Waals surface area contributed by atoms with Gasteiger partial charge in [0.25, 0.3) is 0 Å². The molecule has 0 saturated heterocycles. The van der Waals surface area contributed by atoms with Crippen molar-refractivity contribution in [3.8, 4) is 11.1 Å². The summed E-state index contributed by atoms with van der Waals surface area (Å²) < 4.78 is 10.6. The summed E-state index contributed by atoms with van der Waals surface area (Å²) >= 11 is 18.8. The van der Waals surface area contributed by atoms with Crippen LogP contribution < -0.4 is 10.6 Å². The molecule has 0 aliphatic heterocycles. The molecule has 4 rings (SSSR count). The molecule has 0 saturated carbocycles. The molecule has 3 aromatic carbocycles. The Hall–Kier alpha value is -3.46. The lowest BCUT2D eigenvalue weighted by Gasteiger charge is -2.21. The molecule has 42 heavy (non-hydrogen) atoms. The normalized spacial score (nSPS) is 12.5. The van der Waals surface area contributed by atoms with Gasteiger partial charge in [-0.05, 0) is 107 Å². The highest BCUT2D eigenvalue weighted by molar-refractivity contribution is 6.42. The number of hydrogen-bond acceptors (Lipinski definition) is 4. The van der Waals surface area contributed by atoms with Crippen LogP contribution in [0.5, 0.6) is 0 Å². The van der Waals surface area contributed by atoms with Crippen LogP contribution in [0, 0.1) is 0 Å². The molecule has 11 heteroatoms. The van der Waals surface area contributed by atoms with Gasteiger partial charge in [-0.25, -0.2) is 9.59 Å². The number of benzene rings is 3. The van der Waals surface area contributed by atoms with Crippen LogP contribution in [0.2, 0.25) is 15.1 Å². The lowest BCUT2D eigenvalue weighted by molar-refractivity contribution is 0.0560. The molecule has 0 atom stereocenters. The number of alkyl carbamates (subject to hydrolysis) is 1. The summed E-state index contributed by atoms with van der Waals surface area (Å²) in [5.41, 5.74) is 3.19. The van der Waals surface area contributed by atoms with Crippen molar-refractivity contribution in [2.24, 2.45) is 4.99 Å². The number of rotatable bonds is 4. The Kier molecular flexibility index (Phi) is 9.30. The van der Waals surface area contributed by atoms with Crippen molar-refractivity contribution in [1.82, 2.24) is 15.6 Å². The van der Waals surface area contributed by atoms with Gasteiger partial charge in [-0.3, -0.25) is 5.32 Å². The number of fused-ring (bicyclic) bond motifs is 3. The SMILES string of the molecule is CC(C)(C)OC(=O)N=C(NCCc1cc(-c2ccc(Cl)c(Cl)c2)cc2c1[nH]c1ccc(Cl)cc12)NC(=O)OC(C)(C)C. The van der Waals surface area contributed by atoms with Crippen LogP contribution in [0.4, 0.5) is 9.59 Å². The average molecular weight is 632 g/mol. The number of nitrogens with one attached hydrogen (secondary N) is 3. The molecule has 0 spiro atoms. The minimum absolute atomic E-state index is 0.0844. The molecule has 0 fully saturated rings. The number of H-pyrrole nitrogens is 1. The van der Waals surface area contributed by atoms with Gasteiger partial charge in [-0.1, -0.05) is 40.9 Å². The fraction of sp³-hybridized carbons (Fsp3) is 0.323. The van der Waals surface area contributed by atoms with E-state index in [1.165, 1.54) is 0 Å². The summed E-state index contributed by atoms with van der Waals surface area (Å²) in [5, 5.41) is 9.09. The van der Waals surface area contributed by atoms with E-state index in [1.54, 1.807) is 47.6 Å². The van der Waals surface area contributed by atoms with Gasteiger partial charge >= 0.3 is 12.2 Å². The molecule has 1 heterocycles. The molecule has 0 radical (unpaired) electrons. The second-order valence-corrected chi connectivity index (χ2v) is 13.0. The maximum atomic E-state index is 12.5. The van der Waals surface area contributed by atoms with E-state index in [4.69, 9.17) is 44.3 Å². The van der Waals surface area contributed by atoms with E-state index in [2.05, 4.69) is 32.7 Å². The number of ether oxygens (including phenoxy) is 2. The third kappa shape index (κ3) is 8.31. The van der Waals surface area contributed by atoms with E-state index in [0.29, 0.717) is 28.0 Å². The Balaban J connectivity index is 1.67. The number of aromatic nitrogens is 1. The molecule has 0 aliphatic rings. The number of carbonyl (C=O) groups excluding carboxylic acids is 2. The fourth-order valence-corrected chi connectivity index (χ4v) is 4.76. The third-order valence-electron chi connectivity index (χ3n) is 5.91. The van der Waals surface area contributed by atoms with Gasteiger partial charge in [-0.2, -0.15) is 0 Å². The summed E-state index contributed by atoms with van der Waals surface area (Å²) in [6, 6.07) is 15.3. The van der Waals surface area contributed by atoms with E-state index in [9.17, 15) is 9.59 Å². The highest BCUT2D eigenvalue weighted by Crippen LogP contribution is 2.36. The van der Waals surface area contributed by atoms with Crippen molar-refractivity contribution in [3.63, 3.8) is 0 Å². The number of amides is 2. The van der Waals surface area contributed by atoms with Crippen LogP contribution in [0.15, 0.2) is 53.5 Å². The fourth-order valence-electron chi connectivity index (χ4n) is 4.29. The van der Waals surface area contributed by atoms with Gasteiger partial charge in [0.15, 0.2) is 0 Å². The number of carbonyl (C=O) groups is 2. The minimum atomic E-state index is -0.849. The van der Waals surface area contributed by atoms with E-state index >= 15 is 0 Å². The van der Waals surface area contributed by atoms with Crippen LogP contribution in [0.1, 0.15) is 47.1 Å². The molecule has 0 aliphatic carbocycles. The van der Waals surface area contributed by atoms with Crippen LogP contribution in [-0.2, 0) is 15.9 Å². The van der Waals surface area contributed by atoms with Gasteiger partial charge in [0.1, 0.15) is 11.2 Å². The lowest BCUT2D eigenvalue weighted by atomic mass is 9.98. The van der Waals surface area contributed by atoms with Crippen molar-refractivity contribution < 1.29 is 19.1 Å². The van der Waals surface area contributed by atoms with Crippen LogP contribution in [0.3, 0.4) is 0 Å². The number of nitrogens with zero attached hydrogens (tertiary/aromatic N) is 1. The molecule has 0 bridgehead atoms. The Bertz CT molecular complexity index is 1680. The van der Waals surface area contributed by atoms with Gasteiger partial charge in [-0.15, -0.1) is 4.99 Å². The first-order chi connectivity index (χ1) is 19.6. The maximum absolute atomic E-state index is 12.5. The molecule has 3 N–H and O–H groups in total. The van der Waals surface area contributed by atoms with Crippen LogP contribution in [0.25, 0.3) is 32.9 Å². The summed E-state index contributed by atoms with van der Waals surface area (Å²) in [6.07, 6.45) is -1.11. The zero-order chi connectivity index (χ0) is 30.8. The Labute approximate surface area is 259 Å². The van der Waals surface area contributed by atoms with Gasteiger partial charge in [0.05, 0.1) is 10.0 Å². The van der Waals surface area contributed by atoms with Gasteiger partial charge in [0.2, 0.25) is 5.96 Å². The highest BCUT2D eigenvalue weighted by atomic mass is 35.5. The van der Waals surface area contributed by atoms with E-state index < -0.39 is 23.4 Å². The smallest absolute Gasteiger partial charge is 0.437 e. The summed E-state index contributed by atoms with van der Waals surface area (Å²) in [7, 11) is 0. The highest BCUT2D eigenvalue weighted by Gasteiger charge is 2.21. The molecule has 2 amide bonds. The van der Waals surface area contributed by atoms with Gasteiger partial charge in [0, 0.05) is 33.4 Å². The molecule has 222 valence electrons. The molecular weight excluding hydrogens is 599 g/mol. The standard InChI is InChI=1S/C31H33Cl3N4O4/c1-30(2,3)41-28(39)37-27(38-29(40)42-31(4,5)6)35-12-11-18-13-19(17-7-9-23(33)24(34)15-17)14-22-21-16-20(32)8-10-25(21)36-26(18)22/h7-10,13-16,36H,11-12H2,1-6H3,(H2,35,37,38,39,40). The zero-order valence-corrected chi connectivity index (χ0v) is 26.5. The van der Waals surface area contributed by atoms with Crippen molar-refractivity contribution in [2.75, 3.05) is 6.54 Å². The van der Waals surface area contributed by atoms with Crippen molar-refractivity contribution in [1.29, 1.82) is 0 Å². The average Bonchev–Trinajstić information content (AvgIpc) is 3.21. The van der Waals surface area contributed by atoms with Crippen molar-refractivity contribution in [2.45, 2.75) is 59.2 Å². The monoisotopic (exact) mass is 630 g/mol. The largest absolute Gasteiger partial charge is 0.444 e. The number of aromatic amines is 1. The lowest BCUT2D eigenvalue weighted by Crippen LogP contribution is -2.44. The van der Waals surface area contributed by atoms with E-state index in [1.807, 2.05) is 30.3 Å². The molecule has 4 aromatic rings. The van der Waals surface area contributed by atoms with E-state index in [-0.39, 0.29) is 5.96 Å². The summed E-state index contributed by atoms with van der Waals surface area (Å²) in [6.45, 7) is 10.7. The predicted octanol–water partition coefficient (Wildman–Crippen LogP) is 8.90. The Morgan fingerprint density at radius 3 is 2.21 bits per heavy atom. The second kappa shape index (κ2) is 12.4. The third-order valence-corrected chi connectivity index (χ3v) is 6.88. The molecular formula is C31H33Cl3N4O4. The Morgan fingerprint density at radius 1 is 0.833 bits per heavy atom. The number of halogens is 3. The molecule has 1 aromatic heterocycles. The topological polar surface area (TPSA) is 105 Å². The first-order valence-electron chi connectivity index (χ1n) is 13.3. The van der Waals surface area contributed by atoms with Crippen LogP contribution >= 0.6 is 34.8 Å². The molecule has 8 nitrogen and oxygen atoms in total. The van der Waals surface area contributed by atoms with Crippen LogP contribution in [-0.4, -0.2) is 40.9 Å². The molecule has 0 unspecified atom stereocenters. The van der Waals surface area contributed by atoms with Gasteiger partial charge < -0.3 is 19.8 Å². The quantitative estimate of drug-likeness (QED) is 0.154. The number of guanidine groups is 1. The predicted molar refractivity (Wildman–Crippen MR) is 171 cm³/mol. The number of hydrogen-bond donors (Lipinski definition) is 3. The first-order valence-corrected chi connectivity index (χ1v) is 14.5. The Morgan fingerprint density at radius 2 is 1.55 bits per heavy atom. The van der Waals surface area contributed by atoms with Crippen molar-refractivity contribution in [3.05, 3.63) is 69.2 Å². The second-order valence-electron chi connectivity index (χ2n) is 11.7. The zero-order valence-electron chi connectivity index (χ0n) is 24.2. The van der Waals surface area contributed by atoms with Crippen molar-refractivity contribution >= 4 is 74.8 Å². The summed E-state index contributed by atoms with van der Waals surface area (Å²) in [4.78, 5) is 32.4. The first kappa shape index (κ1) is 31.5. The number of aliphatic imine (C=N–C) groups is 1. The maximum Gasteiger partial charge on any atom is 0.437 e.